The number of fused-ring (bicyclic) bond motifs is 3. The van der Waals surface area contributed by atoms with Crippen molar-refractivity contribution in [2.24, 2.45) is 11.3 Å². The molecule has 2 heterocycles. The minimum Gasteiger partial charge on any atom is -0.352 e. The molecular formula is C36H45N9O3. The summed E-state index contributed by atoms with van der Waals surface area (Å²) in [6.07, 6.45) is 3.46. The number of aryl methyl sites for hydroxylation is 2. The maximum absolute atomic E-state index is 13.6. The van der Waals surface area contributed by atoms with Gasteiger partial charge in [-0.05, 0) is 114 Å². The van der Waals surface area contributed by atoms with E-state index in [1.165, 1.54) is 0 Å². The SMILES string of the molecule is CCNC(=O)c1ccc2c(c1)CCc1cc(C(=O)NCC)ccc1C2(C[C@H](NCC(=O)N1C(C#N)C[C@@H]2C[C@@H]21)C(C)(C)C)c1nnn[nH]1. The zero-order valence-corrected chi connectivity index (χ0v) is 28.4. The third-order valence-electron chi connectivity index (χ3n) is 10.3. The van der Waals surface area contributed by atoms with E-state index < -0.39 is 5.41 Å². The molecule has 1 aromatic heterocycles. The number of nitrogens with one attached hydrogen (secondary N) is 4. The fourth-order valence-corrected chi connectivity index (χ4v) is 7.79. The van der Waals surface area contributed by atoms with Crippen molar-refractivity contribution in [3.63, 3.8) is 0 Å². The minimum atomic E-state index is -0.928. The summed E-state index contributed by atoms with van der Waals surface area (Å²) in [5.74, 6) is 0.630. The Balaban J connectivity index is 1.47. The van der Waals surface area contributed by atoms with Crippen molar-refractivity contribution >= 4 is 17.7 Å². The topological polar surface area (TPSA) is 169 Å². The Hall–Kier alpha value is -4.63. The fraction of sp³-hybridized carbons (Fsp3) is 0.528. The van der Waals surface area contributed by atoms with Crippen molar-refractivity contribution in [3.8, 4) is 6.07 Å². The third kappa shape index (κ3) is 6.07. The molecule has 3 aliphatic rings. The van der Waals surface area contributed by atoms with Gasteiger partial charge in [0.2, 0.25) is 5.91 Å². The summed E-state index contributed by atoms with van der Waals surface area (Å²) in [6.45, 7) is 11.3. The summed E-state index contributed by atoms with van der Waals surface area (Å²) in [7, 11) is 0. The summed E-state index contributed by atoms with van der Waals surface area (Å²) in [5.41, 5.74) is 3.80. The number of aromatic nitrogens is 4. The van der Waals surface area contributed by atoms with Crippen LogP contribution < -0.4 is 16.0 Å². The number of tetrazole rings is 1. The highest BCUT2D eigenvalue weighted by Gasteiger charge is 2.54. The van der Waals surface area contributed by atoms with E-state index >= 15 is 0 Å². The number of H-pyrrole nitrogens is 1. The Morgan fingerprint density at radius 1 is 1.00 bits per heavy atom. The Morgan fingerprint density at radius 2 is 1.60 bits per heavy atom. The quantitative estimate of drug-likeness (QED) is 0.259. The van der Waals surface area contributed by atoms with Gasteiger partial charge in [0.05, 0.1) is 18.0 Å². The molecule has 3 aromatic rings. The van der Waals surface area contributed by atoms with Gasteiger partial charge in [0.15, 0.2) is 5.82 Å². The molecule has 0 spiro atoms. The number of likely N-dealkylation sites (tertiary alicyclic amines) is 1. The summed E-state index contributed by atoms with van der Waals surface area (Å²) >= 11 is 0. The lowest BCUT2D eigenvalue weighted by Crippen LogP contribution is -2.51. The second-order valence-electron chi connectivity index (χ2n) is 14.4. The van der Waals surface area contributed by atoms with Crippen LogP contribution in [0.25, 0.3) is 0 Å². The normalized spacial score (nSPS) is 21.2. The van der Waals surface area contributed by atoms with Gasteiger partial charge in [-0.3, -0.25) is 14.4 Å². The van der Waals surface area contributed by atoms with Gasteiger partial charge < -0.3 is 20.9 Å². The summed E-state index contributed by atoms with van der Waals surface area (Å²) in [6, 6.07) is 13.5. The van der Waals surface area contributed by atoms with Crippen molar-refractivity contribution in [1.29, 1.82) is 5.26 Å². The first-order chi connectivity index (χ1) is 23.0. The number of nitriles is 1. The molecule has 2 fully saturated rings. The predicted octanol–water partition coefficient (Wildman–Crippen LogP) is 3.04. The van der Waals surface area contributed by atoms with Gasteiger partial charge in [-0.25, -0.2) is 5.10 Å². The zero-order valence-electron chi connectivity index (χ0n) is 28.4. The zero-order chi connectivity index (χ0) is 34.2. The van der Waals surface area contributed by atoms with E-state index in [1.807, 2.05) is 50.2 Å². The number of amides is 3. The van der Waals surface area contributed by atoms with Gasteiger partial charge in [-0.15, -0.1) is 5.10 Å². The molecule has 2 aliphatic carbocycles. The first kappa shape index (κ1) is 33.3. The Bertz CT molecular complexity index is 1670. The number of hydrogen-bond acceptors (Lipinski definition) is 8. The molecule has 0 bridgehead atoms. The van der Waals surface area contributed by atoms with Crippen molar-refractivity contribution < 1.29 is 14.4 Å². The van der Waals surface area contributed by atoms with E-state index in [2.05, 4.69) is 63.4 Å². The Morgan fingerprint density at radius 3 is 2.10 bits per heavy atom. The summed E-state index contributed by atoms with van der Waals surface area (Å²) < 4.78 is 0. The number of carbonyl (C=O) groups excluding carboxylic acids is 3. The largest absolute Gasteiger partial charge is 0.352 e. The van der Waals surface area contributed by atoms with Crippen LogP contribution in [0.3, 0.4) is 0 Å². The van der Waals surface area contributed by atoms with Gasteiger partial charge in [0.1, 0.15) is 6.04 Å². The molecule has 6 rings (SSSR count). The molecule has 1 unspecified atom stereocenters. The lowest BCUT2D eigenvalue weighted by atomic mass is 9.64. The van der Waals surface area contributed by atoms with E-state index in [-0.39, 0.29) is 47.8 Å². The van der Waals surface area contributed by atoms with Crippen LogP contribution in [0.2, 0.25) is 0 Å². The highest BCUT2D eigenvalue weighted by Crippen LogP contribution is 2.49. The van der Waals surface area contributed by atoms with Crippen LogP contribution in [0.5, 0.6) is 0 Å². The molecule has 252 valence electrons. The molecule has 0 radical (unpaired) electrons. The lowest BCUT2D eigenvalue weighted by Gasteiger charge is -2.42. The second-order valence-corrected chi connectivity index (χ2v) is 14.4. The standard InChI is InChI=1S/C36H45N9O3/c1-6-38-32(47)23-10-12-27-21(14-23)8-9-22-15-24(33(48)39-7-2)11-13-28(22)36(27,34-41-43-44-42-34)18-30(35(3,4)5)40-20-31(46)45-26(19-37)16-25-17-29(25)45/h10-15,25-26,29-30,40H,6-9,16-18,20H2,1-5H3,(H,38,47)(H,39,48)(H,41,42,43,44)/t25-,26?,29+,30+/m1/s1. The van der Waals surface area contributed by atoms with E-state index in [9.17, 15) is 19.6 Å². The summed E-state index contributed by atoms with van der Waals surface area (Å²) in [4.78, 5) is 41.4. The molecule has 4 atom stereocenters. The van der Waals surface area contributed by atoms with Gasteiger partial charge in [0, 0.05) is 36.3 Å². The van der Waals surface area contributed by atoms with Gasteiger partial charge in [-0.1, -0.05) is 32.9 Å². The molecule has 1 saturated carbocycles. The molecule has 1 saturated heterocycles. The van der Waals surface area contributed by atoms with Crippen LogP contribution in [0.1, 0.15) is 103 Å². The lowest BCUT2D eigenvalue weighted by molar-refractivity contribution is -0.131. The number of hydrogen-bond donors (Lipinski definition) is 4. The summed E-state index contributed by atoms with van der Waals surface area (Å²) in [5, 5.41) is 34.9. The highest BCUT2D eigenvalue weighted by molar-refractivity contribution is 5.95. The van der Waals surface area contributed by atoms with Crippen LogP contribution in [0.4, 0.5) is 0 Å². The van der Waals surface area contributed by atoms with Crippen molar-refractivity contribution in [2.75, 3.05) is 19.6 Å². The van der Waals surface area contributed by atoms with Crippen molar-refractivity contribution in [1.82, 2.24) is 41.5 Å². The number of carbonyl (C=O) groups is 3. The van der Waals surface area contributed by atoms with Crippen LogP contribution in [-0.2, 0) is 23.1 Å². The molecular weight excluding hydrogens is 606 g/mol. The van der Waals surface area contributed by atoms with E-state index in [0.29, 0.717) is 55.2 Å². The molecule has 2 aromatic carbocycles. The van der Waals surface area contributed by atoms with Crippen LogP contribution in [0, 0.1) is 22.7 Å². The Labute approximate surface area is 281 Å². The van der Waals surface area contributed by atoms with Crippen LogP contribution in [-0.4, -0.2) is 81.0 Å². The van der Waals surface area contributed by atoms with E-state index in [0.717, 1.165) is 35.1 Å². The minimum absolute atomic E-state index is 0.0593. The van der Waals surface area contributed by atoms with Gasteiger partial charge in [0.25, 0.3) is 11.8 Å². The third-order valence-corrected chi connectivity index (χ3v) is 10.3. The average molecular weight is 652 g/mol. The maximum Gasteiger partial charge on any atom is 0.251 e. The molecule has 12 nitrogen and oxygen atoms in total. The van der Waals surface area contributed by atoms with E-state index in [4.69, 9.17) is 0 Å². The number of aromatic amines is 1. The van der Waals surface area contributed by atoms with E-state index in [1.54, 1.807) is 4.90 Å². The van der Waals surface area contributed by atoms with Crippen LogP contribution >= 0.6 is 0 Å². The molecule has 48 heavy (non-hydrogen) atoms. The van der Waals surface area contributed by atoms with Gasteiger partial charge >= 0.3 is 0 Å². The monoisotopic (exact) mass is 651 g/mol. The van der Waals surface area contributed by atoms with Crippen molar-refractivity contribution in [3.05, 3.63) is 75.6 Å². The van der Waals surface area contributed by atoms with Crippen molar-refractivity contribution in [2.45, 2.75) is 90.3 Å². The predicted molar refractivity (Wildman–Crippen MR) is 179 cm³/mol. The molecule has 4 N–H and O–H groups in total. The number of nitrogens with zero attached hydrogens (tertiary/aromatic N) is 5. The molecule has 12 heteroatoms. The average Bonchev–Trinajstić information content (AvgIpc) is 3.44. The van der Waals surface area contributed by atoms with Gasteiger partial charge in [-0.2, -0.15) is 5.26 Å². The molecule has 1 aliphatic heterocycles. The molecule has 3 amide bonds. The number of piperidine rings is 1. The highest BCUT2D eigenvalue weighted by atomic mass is 16.2. The number of benzene rings is 2. The smallest absolute Gasteiger partial charge is 0.251 e. The Kier molecular flexibility index (Phi) is 9.09. The first-order valence-corrected chi connectivity index (χ1v) is 17.0. The van der Waals surface area contributed by atoms with Crippen LogP contribution in [0.15, 0.2) is 36.4 Å². The fourth-order valence-electron chi connectivity index (χ4n) is 7.79. The number of rotatable bonds is 10. The maximum atomic E-state index is 13.6. The second kappa shape index (κ2) is 13.1. The first-order valence-electron chi connectivity index (χ1n) is 17.0.